The predicted molar refractivity (Wildman–Crippen MR) is 118 cm³/mol. The Morgan fingerprint density at radius 2 is 1.17 bits per heavy atom. The van der Waals surface area contributed by atoms with Crippen molar-refractivity contribution < 1.29 is 4.74 Å². The van der Waals surface area contributed by atoms with Crippen LogP contribution in [0.3, 0.4) is 0 Å². The third-order valence-electron chi connectivity index (χ3n) is 4.21. The first-order valence-corrected chi connectivity index (χ1v) is 10.6. The molecule has 29 heavy (non-hydrogen) atoms. The number of aromatic nitrogens is 4. The van der Waals surface area contributed by atoms with E-state index >= 15 is 0 Å². The zero-order valence-electron chi connectivity index (χ0n) is 15.8. The summed E-state index contributed by atoms with van der Waals surface area (Å²) in [6, 6.07) is 14.6. The Balaban J connectivity index is 1.46. The minimum absolute atomic E-state index is 0.184. The Hall–Kier alpha value is -2.62. The van der Waals surface area contributed by atoms with Crippen LogP contribution in [0.4, 0.5) is 0 Å². The molecule has 2 heterocycles. The summed E-state index contributed by atoms with van der Waals surface area (Å²) in [4.78, 5) is 25.1. The van der Waals surface area contributed by atoms with Gasteiger partial charge in [-0.15, -0.1) is 0 Å². The molecule has 0 aliphatic carbocycles. The largest absolute Gasteiger partial charge is 0.351 e. The highest BCUT2D eigenvalue weighted by molar-refractivity contribution is 7.98. The molecule has 0 spiro atoms. The minimum atomic E-state index is -0.361. The van der Waals surface area contributed by atoms with Crippen molar-refractivity contribution in [1.82, 2.24) is 18.4 Å². The van der Waals surface area contributed by atoms with Gasteiger partial charge in [0.05, 0.1) is 23.2 Å². The minimum Gasteiger partial charge on any atom is -0.351 e. The van der Waals surface area contributed by atoms with Crippen molar-refractivity contribution in [2.75, 3.05) is 0 Å². The van der Waals surface area contributed by atoms with Crippen molar-refractivity contribution in [2.45, 2.75) is 24.7 Å². The summed E-state index contributed by atoms with van der Waals surface area (Å²) in [6.07, 6.45) is 3.32. The van der Waals surface area contributed by atoms with Gasteiger partial charge in [-0.2, -0.15) is 18.4 Å². The smallest absolute Gasteiger partial charge is 0.285 e. The maximum Gasteiger partial charge on any atom is 0.285 e. The van der Waals surface area contributed by atoms with Gasteiger partial charge in [0, 0.05) is 34.7 Å². The van der Waals surface area contributed by atoms with E-state index in [4.69, 9.17) is 4.74 Å². The molecule has 9 heteroatoms. The van der Waals surface area contributed by atoms with Crippen molar-refractivity contribution >= 4 is 45.4 Å². The third kappa shape index (κ3) is 4.21. The zero-order valence-corrected chi connectivity index (χ0v) is 17.4. The lowest BCUT2D eigenvalue weighted by molar-refractivity contribution is 0.112. The Labute approximate surface area is 175 Å². The van der Waals surface area contributed by atoms with Gasteiger partial charge in [0.15, 0.2) is 0 Å². The average molecular weight is 427 g/mol. The van der Waals surface area contributed by atoms with Crippen molar-refractivity contribution in [3.8, 4) is 0 Å². The fraction of sp³-hybridized carbons (Fsp3) is 0.200. The fourth-order valence-corrected chi connectivity index (χ4v) is 4.56. The number of ether oxygens (including phenoxy) is 1. The third-order valence-corrected chi connectivity index (χ3v) is 5.95. The Bertz CT molecular complexity index is 1190. The van der Waals surface area contributed by atoms with Crippen LogP contribution in [0.1, 0.15) is 13.8 Å². The topological polar surface area (TPSA) is 79.0 Å². The van der Waals surface area contributed by atoms with E-state index in [9.17, 15) is 9.59 Å². The molecule has 0 N–H and O–H groups in total. The average Bonchev–Trinajstić information content (AvgIpc) is 2.72. The van der Waals surface area contributed by atoms with Crippen LogP contribution in [-0.4, -0.2) is 29.2 Å². The first-order valence-electron chi connectivity index (χ1n) is 8.97. The van der Waals surface area contributed by atoms with Crippen LogP contribution in [0.2, 0.25) is 0 Å². The fourth-order valence-electron chi connectivity index (χ4n) is 2.90. The van der Waals surface area contributed by atoms with Crippen LogP contribution in [-0.2, 0) is 4.74 Å². The molecule has 0 bridgehead atoms. The molecule has 2 unspecified atom stereocenters. The van der Waals surface area contributed by atoms with Crippen LogP contribution >= 0.6 is 23.9 Å². The molecule has 148 valence electrons. The second-order valence-corrected chi connectivity index (χ2v) is 8.74. The molecule has 0 aliphatic heterocycles. The molecule has 0 radical (unpaired) electrons. The molecule has 0 aliphatic rings. The number of rotatable bonds is 6. The lowest BCUT2D eigenvalue weighted by atomic mass is 10.2. The molecule has 4 rings (SSSR count). The Morgan fingerprint density at radius 3 is 1.62 bits per heavy atom. The molecular formula is C20H18N4O3S2. The zero-order chi connectivity index (χ0) is 20.4. The van der Waals surface area contributed by atoms with Crippen molar-refractivity contribution in [2.24, 2.45) is 0 Å². The van der Waals surface area contributed by atoms with E-state index in [1.807, 2.05) is 50.2 Å². The normalized spacial score (nSPS) is 13.6. The van der Waals surface area contributed by atoms with Gasteiger partial charge in [-0.25, -0.2) is 0 Å². The molecule has 2 aromatic heterocycles. The highest BCUT2D eigenvalue weighted by atomic mass is 32.2. The molecule has 0 fully saturated rings. The SMILES string of the molecule is CC(OC(C)Sn1ncc2ccccc2c1=O)Sn1ncc2ccccc2c1=O. The highest BCUT2D eigenvalue weighted by Gasteiger charge is 2.15. The van der Waals surface area contributed by atoms with Gasteiger partial charge in [0.2, 0.25) is 0 Å². The Morgan fingerprint density at radius 1 is 0.759 bits per heavy atom. The van der Waals surface area contributed by atoms with Crippen LogP contribution < -0.4 is 11.1 Å². The number of hydrogen-bond acceptors (Lipinski definition) is 7. The first kappa shape index (κ1) is 19.7. The second kappa shape index (κ2) is 8.40. The van der Waals surface area contributed by atoms with Gasteiger partial charge in [0.25, 0.3) is 11.1 Å². The number of nitrogens with zero attached hydrogens (tertiary/aromatic N) is 4. The van der Waals surface area contributed by atoms with E-state index in [-0.39, 0.29) is 22.0 Å². The van der Waals surface area contributed by atoms with E-state index in [1.165, 1.54) is 32.1 Å². The number of fused-ring (bicyclic) bond motifs is 2. The summed E-state index contributed by atoms with van der Waals surface area (Å²) in [5, 5.41) is 11.2. The summed E-state index contributed by atoms with van der Waals surface area (Å²) < 4.78 is 8.57. The molecule has 7 nitrogen and oxygen atoms in total. The van der Waals surface area contributed by atoms with E-state index in [1.54, 1.807) is 24.5 Å². The van der Waals surface area contributed by atoms with Crippen molar-refractivity contribution in [1.29, 1.82) is 0 Å². The highest BCUT2D eigenvalue weighted by Crippen LogP contribution is 2.21. The molecule has 2 aromatic carbocycles. The van der Waals surface area contributed by atoms with Gasteiger partial charge in [-0.05, 0) is 26.0 Å². The lowest BCUT2D eigenvalue weighted by Crippen LogP contribution is -2.24. The molecule has 2 atom stereocenters. The maximum absolute atomic E-state index is 12.6. The summed E-state index contributed by atoms with van der Waals surface area (Å²) in [5.41, 5.74) is -1.09. The summed E-state index contributed by atoms with van der Waals surface area (Å²) in [5.74, 6) is 0. The van der Waals surface area contributed by atoms with Gasteiger partial charge in [0.1, 0.15) is 10.9 Å². The van der Waals surface area contributed by atoms with E-state index in [0.717, 1.165) is 10.8 Å². The van der Waals surface area contributed by atoms with Gasteiger partial charge in [-0.3, -0.25) is 9.59 Å². The summed E-state index contributed by atoms with van der Waals surface area (Å²) >= 11 is 2.36. The monoisotopic (exact) mass is 426 g/mol. The van der Waals surface area contributed by atoms with Crippen LogP contribution in [0.25, 0.3) is 21.5 Å². The van der Waals surface area contributed by atoms with Crippen molar-refractivity contribution in [3.05, 3.63) is 81.6 Å². The van der Waals surface area contributed by atoms with E-state index in [0.29, 0.717) is 10.8 Å². The molecular weight excluding hydrogens is 408 g/mol. The first-order chi connectivity index (χ1) is 14.0. The van der Waals surface area contributed by atoms with E-state index in [2.05, 4.69) is 10.2 Å². The molecule has 0 saturated carbocycles. The quantitative estimate of drug-likeness (QED) is 0.437. The standard InChI is InChI=1S/C20H18N4O3S2/c1-13(28-23-19(25)17-9-5-3-7-15(17)11-21-23)27-14(2)29-24-20(26)18-10-6-4-8-16(18)12-22-24/h3-14H,1-2H3. The lowest BCUT2D eigenvalue weighted by Gasteiger charge is -2.18. The summed E-state index contributed by atoms with van der Waals surface area (Å²) in [7, 11) is 0. The van der Waals surface area contributed by atoms with Gasteiger partial charge in [-0.1, -0.05) is 36.4 Å². The van der Waals surface area contributed by atoms with Gasteiger partial charge >= 0.3 is 0 Å². The summed E-state index contributed by atoms with van der Waals surface area (Å²) in [6.45, 7) is 3.67. The van der Waals surface area contributed by atoms with Crippen molar-refractivity contribution in [3.63, 3.8) is 0 Å². The van der Waals surface area contributed by atoms with Gasteiger partial charge < -0.3 is 4.74 Å². The van der Waals surface area contributed by atoms with Crippen LogP contribution in [0.5, 0.6) is 0 Å². The van der Waals surface area contributed by atoms with E-state index < -0.39 is 0 Å². The maximum atomic E-state index is 12.6. The number of hydrogen-bond donors (Lipinski definition) is 0. The predicted octanol–water partition coefficient (Wildman–Crippen LogP) is 3.51. The number of benzene rings is 2. The molecule has 0 amide bonds. The molecule has 4 aromatic rings. The molecule has 0 saturated heterocycles. The second-order valence-electron chi connectivity index (χ2n) is 6.30. The van der Waals surface area contributed by atoms with Crippen LogP contribution in [0.15, 0.2) is 70.5 Å². The Kier molecular flexibility index (Phi) is 5.70. The van der Waals surface area contributed by atoms with Crippen LogP contribution in [0, 0.1) is 0 Å².